The van der Waals surface area contributed by atoms with E-state index in [0.29, 0.717) is 12.0 Å². The number of carbonyl (C=O) groups excluding carboxylic acids is 1. The molecule has 0 spiro atoms. The molecular formula is C18H16N2O3. The molecule has 1 aliphatic heterocycles. The Hall–Kier alpha value is -3.08. The molecule has 0 aromatic heterocycles. The summed E-state index contributed by atoms with van der Waals surface area (Å²) in [6.07, 6.45) is 2.31. The van der Waals surface area contributed by atoms with Crippen molar-refractivity contribution in [2.24, 2.45) is 0 Å². The number of aliphatic carboxylic acids is 1. The number of anilines is 2. The summed E-state index contributed by atoms with van der Waals surface area (Å²) in [5, 5.41) is 14.6. The molecule has 0 saturated carbocycles. The minimum absolute atomic E-state index is 0.119. The molecule has 0 atom stereocenters. The summed E-state index contributed by atoms with van der Waals surface area (Å²) < 4.78 is 0. The van der Waals surface area contributed by atoms with Crippen molar-refractivity contribution in [1.82, 2.24) is 0 Å². The Kier molecular flexibility index (Phi) is 4.10. The van der Waals surface area contributed by atoms with Crippen LogP contribution in [0.4, 0.5) is 11.4 Å². The minimum Gasteiger partial charge on any atom is -0.481 e. The summed E-state index contributed by atoms with van der Waals surface area (Å²) in [6, 6.07) is 15.0. The van der Waals surface area contributed by atoms with Crippen molar-refractivity contribution in [2.45, 2.75) is 12.8 Å². The van der Waals surface area contributed by atoms with Gasteiger partial charge in [0.2, 0.25) is 0 Å². The number of aryl methyl sites for hydroxylation is 1. The summed E-state index contributed by atoms with van der Waals surface area (Å²) >= 11 is 0. The van der Waals surface area contributed by atoms with Gasteiger partial charge in [-0.05, 0) is 30.2 Å². The van der Waals surface area contributed by atoms with Gasteiger partial charge in [0, 0.05) is 29.6 Å². The SMILES string of the molecule is O=C(O)CCc1ccc(NC=C2C(=O)Nc3ccccc32)cc1. The van der Waals surface area contributed by atoms with E-state index in [0.717, 1.165) is 22.5 Å². The number of nitrogens with one attached hydrogen (secondary N) is 2. The Morgan fingerprint density at radius 3 is 2.61 bits per heavy atom. The molecule has 0 fully saturated rings. The fourth-order valence-electron chi connectivity index (χ4n) is 2.46. The van der Waals surface area contributed by atoms with Crippen LogP contribution in [0.2, 0.25) is 0 Å². The van der Waals surface area contributed by atoms with Gasteiger partial charge in [0.05, 0.1) is 5.57 Å². The van der Waals surface area contributed by atoms with E-state index < -0.39 is 5.97 Å². The van der Waals surface area contributed by atoms with E-state index in [1.54, 1.807) is 6.20 Å². The lowest BCUT2D eigenvalue weighted by molar-refractivity contribution is -0.137. The van der Waals surface area contributed by atoms with Crippen molar-refractivity contribution in [3.8, 4) is 0 Å². The zero-order valence-corrected chi connectivity index (χ0v) is 12.4. The van der Waals surface area contributed by atoms with Crippen LogP contribution in [0.1, 0.15) is 17.5 Å². The third kappa shape index (κ3) is 3.40. The van der Waals surface area contributed by atoms with Crippen molar-refractivity contribution in [2.75, 3.05) is 10.6 Å². The van der Waals surface area contributed by atoms with Gasteiger partial charge in [-0.25, -0.2) is 0 Å². The molecule has 3 rings (SSSR count). The average Bonchev–Trinajstić information content (AvgIpc) is 2.87. The molecule has 0 bridgehead atoms. The normalized spacial score (nSPS) is 14.4. The van der Waals surface area contributed by atoms with E-state index in [-0.39, 0.29) is 12.3 Å². The van der Waals surface area contributed by atoms with Gasteiger partial charge in [0.1, 0.15) is 0 Å². The van der Waals surface area contributed by atoms with E-state index in [4.69, 9.17) is 5.11 Å². The number of rotatable bonds is 5. The minimum atomic E-state index is -0.803. The number of carbonyl (C=O) groups is 2. The highest BCUT2D eigenvalue weighted by Gasteiger charge is 2.23. The molecule has 1 aliphatic rings. The van der Waals surface area contributed by atoms with E-state index in [1.807, 2.05) is 48.5 Å². The largest absolute Gasteiger partial charge is 0.481 e. The molecule has 5 nitrogen and oxygen atoms in total. The summed E-state index contributed by atoms with van der Waals surface area (Å²) in [5.41, 5.74) is 4.09. The van der Waals surface area contributed by atoms with Crippen molar-refractivity contribution >= 4 is 28.8 Å². The van der Waals surface area contributed by atoms with E-state index >= 15 is 0 Å². The molecule has 2 aromatic rings. The number of carboxylic acid groups (broad SMARTS) is 1. The maximum atomic E-state index is 12.0. The van der Waals surface area contributed by atoms with Crippen molar-refractivity contribution in [3.05, 3.63) is 65.9 Å². The number of fused-ring (bicyclic) bond motifs is 1. The van der Waals surface area contributed by atoms with Crippen LogP contribution in [0.25, 0.3) is 5.57 Å². The number of hydrogen-bond donors (Lipinski definition) is 3. The van der Waals surface area contributed by atoms with E-state index in [1.165, 1.54) is 0 Å². The zero-order valence-electron chi connectivity index (χ0n) is 12.4. The number of hydrogen-bond acceptors (Lipinski definition) is 3. The Labute approximate surface area is 133 Å². The highest BCUT2D eigenvalue weighted by molar-refractivity contribution is 6.31. The highest BCUT2D eigenvalue weighted by atomic mass is 16.4. The standard InChI is InChI=1S/C18H16N2O3/c21-17(22)10-7-12-5-8-13(9-6-12)19-11-15-14-3-1-2-4-16(14)20-18(15)23/h1-6,8-9,11,19H,7,10H2,(H,20,23)(H,21,22). The van der Waals surface area contributed by atoms with E-state index in [2.05, 4.69) is 10.6 Å². The van der Waals surface area contributed by atoms with Crippen LogP contribution in [0.3, 0.4) is 0 Å². The Morgan fingerprint density at radius 1 is 1.13 bits per heavy atom. The highest BCUT2D eigenvalue weighted by Crippen LogP contribution is 2.31. The van der Waals surface area contributed by atoms with Gasteiger partial charge in [-0.15, -0.1) is 0 Å². The first-order chi connectivity index (χ1) is 11.1. The second-order valence-corrected chi connectivity index (χ2v) is 5.29. The molecule has 3 N–H and O–H groups in total. The summed E-state index contributed by atoms with van der Waals surface area (Å²) in [4.78, 5) is 22.5. The summed E-state index contributed by atoms with van der Waals surface area (Å²) in [6.45, 7) is 0. The van der Waals surface area contributed by atoms with Crippen LogP contribution in [-0.2, 0) is 16.0 Å². The molecule has 0 unspecified atom stereocenters. The van der Waals surface area contributed by atoms with Gasteiger partial charge in [0.15, 0.2) is 0 Å². The van der Waals surface area contributed by atoms with Crippen LogP contribution in [-0.4, -0.2) is 17.0 Å². The van der Waals surface area contributed by atoms with E-state index in [9.17, 15) is 9.59 Å². The van der Waals surface area contributed by atoms with Crippen LogP contribution in [0.5, 0.6) is 0 Å². The summed E-state index contributed by atoms with van der Waals surface area (Å²) in [5.74, 6) is -0.931. The number of para-hydroxylation sites is 1. The molecule has 1 amide bonds. The van der Waals surface area contributed by atoms with Crippen LogP contribution in [0, 0.1) is 0 Å². The van der Waals surface area contributed by atoms with Crippen LogP contribution in [0.15, 0.2) is 54.7 Å². The van der Waals surface area contributed by atoms with Gasteiger partial charge in [0.25, 0.3) is 5.91 Å². The van der Waals surface area contributed by atoms with Gasteiger partial charge in [-0.1, -0.05) is 30.3 Å². The molecule has 2 aromatic carbocycles. The first-order valence-electron chi connectivity index (χ1n) is 7.32. The predicted molar refractivity (Wildman–Crippen MR) is 89.1 cm³/mol. The predicted octanol–water partition coefficient (Wildman–Crippen LogP) is 3.11. The topological polar surface area (TPSA) is 78.4 Å². The maximum absolute atomic E-state index is 12.0. The van der Waals surface area contributed by atoms with Gasteiger partial charge >= 0.3 is 5.97 Å². The average molecular weight is 308 g/mol. The monoisotopic (exact) mass is 308 g/mol. The third-order valence-corrected chi connectivity index (χ3v) is 3.67. The Balaban J connectivity index is 1.70. The lowest BCUT2D eigenvalue weighted by atomic mass is 10.1. The van der Waals surface area contributed by atoms with Crippen LogP contribution >= 0.6 is 0 Å². The molecule has 0 radical (unpaired) electrons. The fourth-order valence-corrected chi connectivity index (χ4v) is 2.46. The molecular weight excluding hydrogens is 292 g/mol. The zero-order chi connectivity index (χ0) is 16.2. The van der Waals surface area contributed by atoms with Gasteiger partial charge in [-0.3, -0.25) is 9.59 Å². The molecule has 0 saturated heterocycles. The lowest BCUT2D eigenvalue weighted by Gasteiger charge is -2.04. The Morgan fingerprint density at radius 2 is 1.87 bits per heavy atom. The molecule has 23 heavy (non-hydrogen) atoms. The van der Waals surface area contributed by atoms with Gasteiger partial charge < -0.3 is 15.7 Å². The second-order valence-electron chi connectivity index (χ2n) is 5.29. The maximum Gasteiger partial charge on any atom is 0.303 e. The van der Waals surface area contributed by atoms with Crippen molar-refractivity contribution in [1.29, 1.82) is 0 Å². The quantitative estimate of drug-likeness (QED) is 0.742. The van der Waals surface area contributed by atoms with Crippen molar-refractivity contribution in [3.63, 3.8) is 0 Å². The second kappa shape index (κ2) is 6.36. The lowest BCUT2D eigenvalue weighted by Crippen LogP contribution is -2.05. The smallest absolute Gasteiger partial charge is 0.303 e. The number of benzene rings is 2. The molecule has 5 heteroatoms. The number of carboxylic acids is 1. The first-order valence-corrected chi connectivity index (χ1v) is 7.32. The fraction of sp³-hybridized carbons (Fsp3) is 0.111. The Bertz CT molecular complexity index is 779. The van der Waals surface area contributed by atoms with Crippen LogP contribution < -0.4 is 10.6 Å². The number of amides is 1. The molecule has 1 heterocycles. The van der Waals surface area contributed by atoms with Crippen molar-refractivity contribution < 1.29 is 14.7 Å². The third-order valence-electron chi connectivity index (χ3n) is 3.67. The summed E-state index contributed by atoms with van der Waals surface area (Å²) in [7, 11) is 0. The molecule has 0 aliphatic carbocycles. The first kappa shape index (κ1) is 14.8. The molecule has 116 valence electrons. The van der Waals surface area contributed by atoms with Gasteiger partial charge in [-0.2, -0.15) is 0 Å².